The normalized spacial score (nSPS) is 18.9. The number of carbonyl (C=O) groups excluding carboxylic acids is 2. The van der Waals surface area contributed by atoms with E-state index in [9.17, 15) is 9.59 Å². The van der Waals surface area contributed by atoms with Crippen molar-refractivity contribution in [3.63, 3.8) is 0 Å². The molecule has 3 rings (SSSR count). The zero-order valence-corrected chi connectivity index (χ0v) is 11.4. The Kier molecular flexibility index (Phi) is 3.83. The number of hydrogen-bond acceptors (Lipinski definition) is 4. The molecule has 0 aromatic heterocycles. The van der Waals surface area contributed by atoms with Crippen molar-refractivity contribution in [3.05, 3.63) is 29.3 Å². The van der Waals surface area contributed by atoms with Crippen molar-refractivity contribution < 1.29 is 19.1 Å². The maximum atomic E-state index is 12.0. The quantitative estimate of drug-likeness (QED) is 0.844. The summed E-state index contributed by atoms with van der Waals surface area (Å²) in [5, 5.41) is 0. The maximum Gasteiger partial charge on any atom is 0.173 e. The smallest absolute Gasteiger partial charge is 0.173 e. The second-order valence-corrected chi connectivity index (χ2v) is 5.38. The van der Waals surface area contributed by atoms with Gasteiger partial charge in [0.25, 0.3) is 0 Å². The maximum absolute atomic E-state index is 12.0. The van der Waals surface area contributed by atoms with Gasteiger partial charge in [0, 0.05) is 31.1 Å². The summed E-state index contributed by atoms with van der Waals surface area (Å²) in [6.45, 7) is 1.44. The van der Waals surface area contributed by atoms with Crippen LogP contribution in [0.5, 0.6) is 5.75 Å². The van der Waals surface area contributed by atoms with Gasteiger partial charge in [0.2, 0.25) is 0 Å². The van der Waals surface area contributed by atoms with Crippen molar-refractivity contribution in [2.45, 2.75) is 25.7 Å². The van der Waals surface area contributed by atoms with Crippen molar-refractivity contribution in [1.82, 2.24) is 0 Å². The van der Waals surface area contributed by atoms with E-state index in [1.807, 2.05) is 6.07 Å². The van der Waals surface area contributed by atoms with Gasteiger partial charge in [0.1, 0.15) is 12.4 Å². The molecule has 2 aliphatic rings. The first kappa shape index (κ1) is 13.3. The van der Waals surface area contributed by atoms with E-state index in [1.54, 1.807) is 12.1 Å². The van der Waals surface area contributed by atoms with Gasteiger partial charge in [-0.2, -0.15) is 0 Å². The largest absolute Gasteiger partial charge is 0.486 e. The summed E-state index contributed by atoms with van der Waals surface area (Å²) in [6, 6.07) is 5.47. The number of fused-ring (bicyclic) bond motifs is 1. The minimum Gasteiger partial charge on any atom is -0.486 e. The summed E-state index contributed by atoms with van der Waals surface area (Å²) in [4.78, 5) is 23.6. The predicted molar refractivity (Wildman–Crippen MR) is 73.1 cm³/mol. The van der Waals surface area contributed by atoms with E-state index in [2.05, 4.69) is 0 Å². The molecule has 4 heteroatoms. The van der Waals surface area contributed by atoms with E-state index >= 15 is 0 Å². The lowest BCUT2D eigenvalue weighted by atomic mass is 9.96. The molecule has 0 spiro atoms. The molecular formula is C16H18O4. The predicted octanol–water partition coefficient (Wildman–Crippen LogP) is 2.19. The molecule has 1 aliphatic carbocycles. The lowest BCUT2D eigenvalue weighted by molar-refractivity contribution is -0.127. The SMILES string of the molecule is O=C1CCc2cc(OCC(=O)C3CCOCC3)ccc21. The average Bonchev–Trinajstić information content (AvgIpc) is 2.87. The standard InChI is InChI=1S/C16H18O4/c17-15-4-1-12-9-13(2-3-14(12)15)20-10-16(18)11-5-7-19-8-6-11/h2-3,9,11H,1,4-8,10H2. The summed E-state index contributed by atoms with van der Waals surface area (Å²) in [5.74, 6) is 1.09. The minimum atomic E-state index is 0.0692. The van der Waals surface area contributed by atoms with E-state index in [-0.39, 0.29) is 24.1 Å². The molecule has 4 nitrogen and oxygen atoms in total. The summed E-state index contributed by atoms with van der Waals surface area (Å²) in [6.07, 6.45) is 2.95. The fourth-order valence-corrected chi connectivity index (χ4v) is 2.81. The summed E-state index contributed by atoms with van der Waals surface area (Å²) < 4.78 is 10.8. The molecule has 0 unspecified atom stereocenters. The number of hydrogen-bond donors (Lipinski definition) is 0. The highest BCUT2D eigenvalue weighted by molar-refractivity contribution is 6.00. The fourth-order valence-electron chi connectivity index (χ4n) is 2.81. The van der Waals surface area contributed by atoms with Crippen molar-refractivity contribution in [1.29, 1.82) is 0 Å². The first-order valence-corrected chi connectivity index (χ1v) is 7.13. The van der Waals surface area contributed by atoms with E-state index in [4.69, 9.17) is 9.47 Å². The van der Waals surface area contributed by atoms with Gasteiger partial charge < -0.3 is 9.47 Å². The van der Waals surface area contributed by atoms with Crippen molar-refractivity contribution in [2.24, 2.45) is 5.92 Å². The monoisotopic (exact) mass is 274 g/mol. The van der Waals surface area contributed by atoms with Crippen LogP contribution in [0.3, 0.4) is 0 Å². The number of Topliss-reactive ketones (excluding diaryl/α,β-unsaturated/α-hetero) is 2. The summed E-state index contributed by atoms with van der Waals surface area (Å²) in [5.41, 5.74) is 1.83. The van der Waals surface area contributed by atoms with Crippen molar-refractivity contribution >= 4 is 11.6 Å². The van der Waals surface area contributed by atoms with E-state index in [0.29, 0.717) is 25.4 Å². The van der Waals surface area contributed by atoms with E-state index in [0.717, 1.165) is 30.4 Å². The Balaban J connectivity index is 1.58. The Hall–Kier alpha value is -1.68. The zero-order chi connectivity index (χ0) is 13.9. The number of ether oxygens (including phenoxy) is 2. The van der Waals surface area contributed by atoms with Crippen LogP contribution >= 0.6 is 0 Å². The van der Waals surface area contributed by atoms with Gasteiger partial charge in [0.15, 0.2) is 11.6 Å². The topological polar surface area (TPSA) is 52.6 Å². The van der Waals surface area contributed by atoms with Gasteiger partial charge >= 0.3 is 0 Å². The summed E-state index contributed by atoms with van der Waals surface area (Å²) >= 11 is 0. The molecule has 106 valence electrons. The van der Waals surface area contributed by atoms with Crippen molar-refractivity contribution in [2.75, 3.05) is 19.8 Å². The molecule has 1 aliphatic heterocycles. The van der Waals surface area contributed by atoms with Crippen LogP contribution in [-0.4, -0.2) is 31.4 Å². The first-order chi connectivity index (χ1) is 9.74. The van der Waals surface area contributed by atoms with Gasteiger partial charge in [0.05, 0.1) is 0 Å². The van der Waals surface area contributed by atoms with Crippen LogP contribution in [0.25, 0.3) is 0 Å². The third kappa shape index (κ3) is 2.75. The number of benzene rings is 1. The van der Waals surface area contributed by atoms with Crippen LogP contribution in [-0.2, 0) is 16.0 Å². The van der Waals surface area contributed by atoms with Crippen LogP contribution in [0.2, 0.25) is 0 Å². The molecular weight excluding hydrogens is 256 g/mol. The molecule has 0 amide bonds. The van der Waals surface area contributed by atoms with E-state index in [1.165, 1.54) is 0 Å². The molecule has 0 saturated carbocycles. The number of aryl methyl sites for hydroxylation is 1. The number of carbonyl (C=O) groups is 2. The minimum absolute atomic E-state index is 0.0692. The number of rotatable bonds is 4. The Bertz CT molecular complexity index is 529. The molecule has 1 heterocycles. The van der Waals surface area contributed by atoms with Crippen LogP contribution < -0.4 is 4.74 Å². The molecule has 1 aromatic carbocycles. The molecule has 0 N–H and O–H groups in total. The highest BCUT2D eigenvalue weighted by Crippen LogP contribution is 2.26. The second kappa shape index (κ2) is 5.75. The highest BCUT2D eigenvalue weighted by Gasteiger charge is 2.23. The van der Waals surface area contributed by atoms with Crippen LogP contribution in [0.1, 0.15) is 35.2 Å². The number of ketones is 2. The Morgan fingerprint density at radius 1 is 1.25 bits per heavy atom. The Morgan fingerprint density at radius 3 is 2.85 bits per heavy atom. The van der Waals surface area contributed by atoms with Crippen LogP contribution in [0, 0.1) is 5.92 Å². The van der Waals surface area contributed by atoms with E-state index < -0.39 is 0 Å². The molecule has 0 bridgehead atoms. The Morgan fingerprint density at radius 2 is 2.05 bits per heavy atom. The lowest BCUT2D eigenvalue weighted by Gasteiger charge is -2.20. The second-order valence-electron chi connectivity index (χ2n) is 5.38. The average molecular weight is 274 g/mol. The third-order valence-electron chi connectivity index (χ3n) is 4.06. The Labute approximate surface area is 118 Å². The molecule has 20 heavy (non-hydrogen) atoms. The van der Waals surface area contributed by atoms with Gasteiger partial charge in [-0.25, -0.2) is 0 Å². The molecule has 0 radical (unpaired) electrons. The molecule has 0 atom stereocenters. The van der Waals surface area contributed by atoms with Crippen LogP contribution in [0.4, 0.5) is 0 Å². The van der Waals surface area contributed by atoms with Gasteiger partial charge in [-0.3, -0.25) is 9.59 Å². The highest BCUT2D eigenvalue weighted by atomic mass is 16.5. The summed E-state index contributed by atoms with van der Waals surface area (Å²) in [7, 11) is 0. The van der Waals surface area contributed by atoms with Gasteiger partial charge in [-0.1, -0.05) is 0 Å². The van der Waals surface area contributed by atoms with Gasteiger partial charge in [-0.15, -0.1) is 0 Å². The zero-order valence-electron chi connectivity index (χ0n) is 11.4. The lowest BCUT2D eigenvalue weighted by Crippen LogP contribution is -2.27. The molecule has 1 aromatic rings. The van der Waals surface area contributed by atoms with Crippen LogP contribution in [0.15, 0.2) is 18.2 Å². The fraction of sp³-hybridized carbons (Fsp3) is 0.500. The third-order valence-corrected chi connectivity index (χ3v) is 4.06. The first-order valence-electron chi connectivity index (χ1n) is 7.13. The van der Waals surface area contributed by atoms with Crippen molar-refractivity contribution in [3.8, 4) is 5.75 Å². The molecule has 1 fully saturated rings. The molecule has 1 saturated heterocycles. The van der Waals surface area contributed by atoms with Gasteiger partial charge in [-0.05, 0) is 43.0 Å².